The normalized spacial score (nSPS) is 11.5. The molecular weight excluding hydrogens is 230 g/mol. The van der Waals surface area contributed by atoms with Crippen LogP contribution in [0.25, 0.3) is 6.08 Å². The van der Waals surface area contributed by atoms with Gasteiger partial charge in [-0.05, 0) is 23.4 Å². The maximum atomic E-state index is 11.2. The Hall–Kier alpha value is -1.66. The third-order valence-electron chi connectivity index (χ3n) is 1.72. The van der Waals surface area contributed by atoms with Crippen LogP contribution in [0.5, 0.6) is 0 Å². The van der Waals surface area contributed by atoms with Crippen LogP contribution in [0.4, 0.5) is 0 Å². The highest BCUT2D eigenvalue weighted by Crippen LogP contribution is 2.06. The van der Waals surface area contributed by atoms with Gasteiger partial charge in [-0.3, -0.25) is 0 Å². The first-order valence-electron chi connectivity index (χ1n) is 4.44. The Morgan fingerprint density at radius 1 is 1.31 bits per heavy atom. The summed E-state index contributed by atoms with van der Waals surface area (Å²) in [6.45, 7) is 1.54. The molecule has 0 heterocycles. The van der Waals surface area contributed by atoms with E-state index in [1.807, 2.05) is 30.3 Å². The van der Waals surface area contributed by atoms with Crippen LogP contribution in [0.3, 0.4) is 0 Å². The Morgan fingerprint density at radius 2 is 1.94 bits per heavy atom. The fraction of sp³-hybridized carbons (Fsp3) is 0.100. The van der Waals surface area contributed by atoms with Crippen molar-refractivity contribution in [1.29, 1.82) is 0 Å². The molecule has 16 heavy (non-hydrogen) atoms. The average Bonchev–Trinajstić information content (AvgIpc) is 2.27. The van der Waals surface area contributed by atoms with Gasteiger partial charge in [0.05, 0.1) is 0 Å². The van der Waals surface area contributed by atoms with E-state index in [-0.39, 0.29) is 0 Å². The highest BCUT2D eigenvalue weighted by Gasteiger charge is 2.05. The molecule has 5 nitrogen and oxygen atoms in total. The summed E-state index contributed by atoms with van der Waals surface area (Å²) in [5.74, 6) is -0.733. The molecule has 0 aliphatic heterocycles. The van der Waals surface area contributed by atoms with Gasteiger partial charge in [0.1, 0.15) is 0 Å². The Bertz CT molecular complexity index is 457. The van der Waals surface area contributed by atoms with E-state index < -0.39 is 16.9 Å². The van der Waals surface area contributed by atoms with Gasteiger partial charge in [0.25, 0.3) is 0 Å². The first kappa shape index (κ1) is 12.4. The minimum atomic E-state index is -2.94. The van der Waals surface area contributed by atoms with E-state index in [1.165, 1.54) is 6.92 Å². The molecule has 1 aromatic carbocycles. The molecule has 1 rings (SSSR count). The lowest BCUT2D eigenvalue weighted by molar-refractivity contribution is -0.142. The zero-order chi connectivity index (χ0) is 12.0. The smallest absolute Gasteiger partial charge is 0.352 e. The van der Waals surface area contributed by atoms with Crippen LogP contribution in [-0.4, -0.2) is 14.4 Å². The molecule has 0 aliphatic rings. The minimum Gasteiger partial charge on any atom is -0.352 e. The molecule has 0 saturated carbocycles. The van der Waals surface area contributed by atoms with Crippen molar-refractivity contribution in [2.45, 2.75) is 6.92 Å². The number of thiol groups is 1. The molecule has 0 aromatic heterocycles. The van der Waals surface area contributed by atoms with Crippen molar-refractivity contribution in [2.24, 2.45) is 0 Å². The summed E-state index contributed by atoms with van der Waals surface area (Å²) in [4.78, 5) is 17.1. The summed E-state index contributed by atoms with van der Waals surface area (Å²) in [5.41, 5.74) is 1.14. The number of hydrogen-bond donors (Lipinski definition) is 2. The van der Waals surface area contributed by atoms with E-state index in [0.29, 0.717) is 5.57 Å². The maximum absolute atomic E-state index is 11.2. The van der Waals surface area contributed by atoms with Crippen molar-refractivity contribution in [3.05, 3.63) is 41.5 Å². The maximum Gasteiger partial charge on any atom is 0.353 e. The Kier molecular flexibility index (Phi) is 4.68. The van der Waals surface area contributed by atoms with Crippen molar-refractivity contribution < 1.29 is 18.0 Å². The van der Waals surface area contributed by atoms with Crippen molar-refractivity contribution in [3.8, 4) is 0 Å². The van der Waals surface area contributed by atoms with Crippen LogP contribution >= 0.6 is 0 Å². The summed E-state index contributed by atoms with van der Waals surface area (Å²) in [7, 11) is -2.94. The molecule has 0 saturated heterocycles. The van der Waals surface area contributed by atoms with Gasteiger partial charge in [-0.25, -0.2) is 13.2 Å². The summed E-state index contributed by atoms with van der Waals surface area (Å²) >= 11 is 0. The lowest BCUT2D eigenvalue weighted by Gasteiger charge is -2.00. The lowest BCUT2D eigenvalue weighted by Crippen LogP contribution is -2.18. The van der Waals surface area contributed by atoms with Crippen LogP contribution in [0.15, 0.2) is 35.9 Å². The second-order valence-electron chi connectivity index (χ2n) is 2.98. The number of carbonyl (C=O) groups excluding carboxylic acids is 1. The fourth-order valence-corrected chi connectivity index (χ4v) is 1.17. The summed E-state index contributed by atoms with van der Waals surface area (Å²) < 4.78 is 20.2. The van der Waals surface area contributed by atoms with Gasteiger partial charge in [-0.15, -0.1) is 0 Å². The number of benzene rings is 1. The largest absolute Gasteiger partial charge is 0.353 e. The van der Waals surface area contributed by atoms with Gasteiger partial charge in [0, 0.05) is 5.57 Å². The zero-order valence-corrected chi connectivity index (χ0v) is 9.44. The van der Waals surface area contributed by atoms with Crippen LogP contribution in [-0.2, 0) is 20.5 Å². The van der Waals surface area contributed by atoms with E-state index in [1.54, 1.807) is 11.0 Å². The summed E-state index contributed by atoms with van der Waals surface area (Å²) in [6, 6.07) is 9.15. The van der Waals surface area contributed by atoms with Crippen LogP contribution in [0, 0.1) is 0 Å². The third kappa shape index (κ3) is 4.24. The predicted molar refractivity (Wildman–Crippen MR) is 59.6 cm³/mol. The SMILES string of the molecule is CC(=Cc1ccccc1)C(=O)ON[SH](=O)=O. The first-order valence-corrected chi connectivity index (χ1v) is 5.62. The molecule has 0 fully saturated rings. The quantitative estimate of drug-likeness (QED) is 0.461. The molecule has 1 N–H and O–H groups in total. The lowest BCUT2D eigenvalue weighted by atomic mass is 10.1. The molecule has 1 aromatic rings. The first-order chi connectivity index (χ1) is 7.59. The predicted octanol–water partition coefficient (Wildman–Crippen LogP) is 0.664. The second-order valence-corrected chi connectivity index (χ2v) is 3.67. The van der Waals surface area contributed by atoms with E-state index in [0.717, 1.165) is 5.56 Å². The Labute approximate surface area is 94.8 Å². The molecule has 6 heteroatoms. The molecular formula is C10H11NO4S. The second kappa shape index (κ2) is 6.04. The summed E-state index contributed by atoms with van der Waals surface area (Å²) in [6.07, 6.45) is 1.60. The molecule has 0 aliphatic carbocycles. The molecule has 0 bridgehead atoms. The van der Waals surface area contributed by atoms with Crippen molar-refractivity contribution in [3.63, 3.8) is 0 Å². The van der Waals surface area contributed by atoms with E-state index in [4.69, 9.17) is 0 Å². The van der Waals surface area contributed by atoms with Gasteiger partial charge >= 0.3 is 5.97 Å². The highest BCUT2D eigenvalue weighted by molar-refractivity contribution is 7.70. The molecule has 86 valence electrons. The van der Waals surface area contributed by atoms with Crippen LogP contribution < -0.4 is 4.89 Å². The number of hydrogen-bond acceptors (Lipinski definition) is 4. The zero-order valence-electron chi connectivity index (χ0n) is 8.54. The molecule has 0 spiro atoms. The van der Waals surface area contributed by atoms with Crippen LogP contribution in [0.2, 0.25) is 0 Å². The highest BCUT2D eigenvalue weighted by atomic mass is 32.2. The van der Waals surface area contributed by atoms with Gasteiger partial charge < -0.3 is 4.84 Å². The van der Waals surface area contributed by atoms with Crippen molar-refractivity contribution >= 4 is 22.9 Å². The van der Waals surface area contributed by atoms with Crippen molar-refractivity contribution in [2.75, 3.05) is 0 Å². The Morgan fingerprint density at radius 3 is 2.50 bits per heavy atom. The number of rotatable bonds is 4. The standard InChI is InChI=1S/C10H11NO4S/c1-8(10(12)15-11-16(13)14)7-9-5-3-2-4-6-9/h2-7,16H,1H3,(H,11,13,14). The van der Waals surface area contributed by atoms with Crippen molar-refractivity contribution in [1.82, 2.24) is 4.89 Å². The van der Waals surface area contributed by atoms with Gasteiger partial charge in [0.2, 0.25) is 10.9 Å². The molecule has 0 unspecified atom stereocenters. The van der Waals surface area contributed by atoms with E-state index in [9.17, 15) is 13.2 Å². The fourth-order valence-electron chi connectivity index (χ4n) is 1.02. The van der Waals surface area contributed by atoms with Gasteiger partial charge in [-0.2, -0.15) is 0 Å². The van der Waals surface area contributed by atoms with E-state index in [2.05, 4.69) is 4.84 Å². The minimum absolute atomic E-state index is 0.301. The summed E-state index contributed by atoms with van der Waals surface area (Å²) in [5, 5.41) is 0. The average molecular weight is 241 g/mol. The number of nitrogens with one attached hydrogen (secondary N) is 1. The van der Waals surface area contributed by atoms with Gasteiger partial charge in [0.15, 0.2) is 0 Å². The Balaban J connectivity index is 2.67. The monoisotopic (exact) mass is 241 g/mol. The molecule has 0 amide bonds. The van der Waals surface area contributed by atoms with Gasteiger partial charge in [-0.1, -0.05) is 30.3 Å². The molecule has 0 atom stereocenters. The third-order valence-corrected chi connectivity index (χ3v) is 1.96. The van der Waals surface area contributed by atoms with Crippen LogP contribution in [0.1, 0.15) is 12.5 Å². The topological polar surface area (TPSA) is 72.5 Å². The number of carbonyl (C=O) groups is 1. The van der Waals surface area contributed by atoms with E-state index >= 15 is 0 Å². The molecule has 0 radical (unpaired) electrons.